The molecule has 0 radical (unpaired) electrons. The van der Waals surface area contributed by atoms with Gasteiger partial charge in [0, 0.05) is 26.8 Å². The molecule has 0 aliphatic heterocycles. The van der Waals surface area contributed by atoms with Crippen LogP contribution in [0.15, 0.2) is 39.8 Å². The third kappa shape index (κ3) is 8.37. The van der Waals surface area contributed by atoms with Gasteiger partial charge in [0.05, 0.1) is 16.5 Å². The van der Waals surface area contributed by atoms with Crippen molar-refractivity contribution in [3.8, 4) is 0 Å². The summed E-state index contributed by atoms with van der Waals surface area (Å²) in [7, 11) is -1.87. The number of benzene rings is 1. The van der Waals surface area contributed by atoms with Crippen LogP contribution >= 0.6 is 11.8 Å². The number of hydrogen-bond donors (Lipinski definition) is 3. The Morgan fingerprint density at radius 1 is 1.19 bits per heavy atom. The van der Waals surface area contributed by atoms with Crippen LogP contribution < -0.4 is 16.0 Å². The zero-order valence-corrected chi connectivity index (χ0v) is 20.8. The maximum atomic E-state index is 13.0. The summed E-state index contributed by atoms with van der Waals surface area (Å²) in [5, 5.41) is 3.69. The molecule has 0 fully saturated rings. The molecule has 0 aliphatic carbocycles. The van der Waals surface area contributed by atoms with E-state index in [2.05, 4.69) is 10.3 Å². The molecule has 8 nitrogen and oxygen atoms in total. The van der Waals surface area contributed by atoms with Gasteiger partial charge in [0.25, 0.3) is 11.7 Å². The summed E-state index contributed by atoms with van der Waals surface area (Å²) < 4.78 is 23.3. The lowest BCUT2D eigenvalue weighted by molar-refractivity contribution is -0.473. The topological polar surface area (TPSA) is 124 Å². The summed E-state index contributed by atoms with van der Waals surface area (Å²) >= 11 is 1.30. The number of amidine groups is 1. The number of likely N-dealkylation sites (N-methyl/N-ethyl adjacent to an activating group) is 1. The van der Waals surface area contributed by atoms with Gasteiger partial charge in [0.1, 0.15) is 0 Å². The predicted octanol–water partition coefficient (Wildman–Crippen LogP) is 0.243. The molecule has 10 heteroatoms. The van der Waals surface area contributed by atoms with Gasteiger partial charge < -0.3 is 5.32 Å². The van der Waals surface area contributed by atoms with Crippen molar-refractivity contribution in [2.45, 2.75) is 39.1 Å². The molecular weight excluding hydrogens is 436 g/mol. The second-order valence-corrected chi connectivity index (χ2v) is 11.2. The van der Waals surface area contributed by atoms with Gasteiger partial charge in [-0.2, -0.15) is 0 Å². The molecule has 0 aliphatic rings. The van der Waals surface area contributed by atoms with E-state index in [0.717, 1.165) is 16.7 Å². The molecule has 0 heterocycles. The Hall–Kier alpha value is -2.33. The van der Waals surface area contributed by atoms with Gasteiger partial charge in [0.15, 0.2) is 15.4 Å². The number of carbonyl (C=O) groups excluding carboxylic acids is 2. The molecule has 0 bridgehead atoms. The lowest BCUT2D eigenvalue weighted by atomic mass is 9.97. The van der Waals surface area contributed by atoms with Gasteiger partial charge >= 0.3 is 0 Å². The number of amides is 2. The fourth-order valence-corrected chi connectivity index (χ4v) is 3.64. The first-order valence-corrected chi connectivity index (χ1v) is 12.8. The van der Waals surface area contributed by atoms with Gasteiger partial charge in [-0.15, -0.1) is 11.8 Å². The molecule has 0 spiro atoms. The molecule has 1 aromatic rings. The zero-order chi connectivity index (χ0) is 24.0. The van der Waals surface area contributed by atoms with Crippen LogP contribution in [0.25, 0.3) is 0 Å². The van der Waals surface area contributed by atoms with Crippen LogP contribution in [0.2, 0.25) is 0 Å². The van der Waals surface area contributed by atoms with Gasteiger partial charge in [-0.3, -0.25) is 25.2 Å². The van der Waals surface area contributed by atoms with Crippen LogP contribution in [0, 0.1) is 5.41 Å². The van der Waals surface area contributed by atoms with Crippen LogP contribution in [-0.4, -0.2) is 57.1 Å². The molecule has 31 heavy (non-hydrogen) atoms. The van der Waals surface area contributed by atoms with Gasteiger partial charge in [-0.05, 0) is 29.4 Å². The van der Waals surface area contributed by atoms with Gasteiger partial charge in [-0.1, -0.05) is 32.9 Å². The average Bonchev–Trinajstić information content (AvgIpc) is 2.67. The number of carbonyl (C=O) groups is 2. The van der Waals surface area contributed by atoms with Crippen molar-refractivity contribution < 1.29 is 23.0 Å². The second kappa shape index (κ2) is 10.8. The number of sulfone groups is 1. The summed E-state index contributed by atoms with van der Waals surface area (Å²) in [6.07, 6.45) is 2.95. The highest BCUT2D eigenvalue weighted by molar-refractivity contribution is 8.02. The van der Waals surface area contributed by atoms with Crippen LogP contribution in [0.5, 0.6) is 0 Å². The summed E-state index contributed by atoms with van der Waals surface area (Å²) in [6, 6.07) is 6.48. The zero-order valence-electron chi connectivity index (χ0n) is 19.2. The first kappa shape index (κ1) is 26.7. The summed E-state index contributed by atoms with van der Waals surface area (Å²) in [4.78, 5) is 29.1. The number of nitrogens with two attached hydrogens (primary N) is 1. The van der Waals surface area contributed by atoms with Crippen molar-refractivity contribution in [1.29, 1.82) is 0 Å². The molecule has 2 amide bonds. The maximum Gasteiger partial charge on any atom is 0.281 e. The Labute approximate surface area is 189 Å². The summed E-state index contributed by atoms with van der Waals surface area (Å²) in [5.74, 6) is -0.740. The molecule has 0 unspecified atom stereocenters. The normalized spacial score (nSPS) is 13.5. The van der Waals surface area contributed by atoms with Crippen LogP contribution in [0.1, 0.15) is 33.3 Å². The average molecular weight is 470 g/mol. The highest BCUT2D eigenvalue weighted by Gasteiger charge is 2.28. The molecule has 0 saturated carbocycles. The van der Waals surface area contributed by atoms with E-state index in [4.69, 9.17) is 5.73 Å². The number of imide groups is 1. The Balaban J connectivity index is 3.30. The minimum Gasteiger partial charge on any atom is -0.375 e. The fraction of sp³-hybridized carbons (Fsp3) is 0.476. The monoisotopic (exact) mass is 469 g/mol. The predicted molar refractivity (Wildman–Crippen MR) is 125 cm³/mol. The second-order valence-electron chi connectivity index (χ2n) is 8.39. The van der Waals surface area contributed by atoms with Crippen LogP contribution in [-0.2, 0) is 26.0 Å². The Kier molecular flexibility index (Phi) is 9.31. The summed E-state index contributed by atoms with van der Waals surface area (Å²) in [6.45, 7) is 8.29. The number of hydrogen-bond acceptors (Lipinski definition) is 6. The lowest BCUT2D eigenvalue weighted by Gasteiger charge is -2.18. The van der Waals surface area contributed by atoms with E-state index < -0.39 is 21.7 Å². The summed E-state index contributed by atoms with van der Waals surface area (Å²) in [5.41, 5.74) is 7.18. The maximum absolute atomic E-state index is 13.0. The largest absolute Gasteiger partial charge is 0.375 e. The van der Waals surface area contributed by atoms with E-state index in [1.807, 2.05) is 20.8 Å². The smallest absolute Gasteiger partial charge is 0.281 e. The van der Waals surface area contributed by atoms with Crippen molar-refractivity contribution in [3.63, 3.8) is 0 Å². The Morgan fingerprint density at radius 2 is 1.74 bits per heavy atom. The van der Waals surface area contributed by atoms with Crippen molar-refractivity contribution in [2.24, 2.45) is 11.1 Å². The first-order chi connectivity index (χ1) is 14.2. The number of rotatable bonds is 8. The molecule has 4 N–H and O–H groups in total. The molecular formula is C21H33N4O4S2+. The van der Waals surface area contributed by atoms with Crippen molar-refractivity contribution in [3.05, 3.63) is 40.4 Å². The van der Waals surface area contributed by atoms with Gasteiger partial charge in [0.2, 0.25) is 5.91 Å². The lowest BCUT2D eigenvalue weighted by Crippen LogP contribution is -2.79. The number of thioether (sulfide) groups is 1. The third-order valence-corrected chi connectivity index (χ3v) is 6.19. The molecule has 172 valence electrons. The van der Waals surface area contributed by atoms with E-state index in [1.54, 1.807) is 18.4 Å². The van der Waals surface area contributed by atoms with E-state index in [0.29, 0.717) is 18.1 Å². The number of nitrogens with one attached hydrogen (secondary N) is 2. The quantitative estimate of drug-likeness (QED) is 0.283. The standard InChI is InChI=1S/C21H32N4O4S2/c1-14(26)25(5)20(27)17(18(22)24-13-21(2,3)4)19(30-6)23-12-15-8-10-16(11-9-15)31(7,28)29/h8-11,23H,12-13H2,1-7H3,(H2,22,24)/p+1/b19-17-. The minimum atomic E-state index is -3.27. The Bertz CT molecular complexity index is 976. The van der Waals surface area contributed by atoms with E-state index in [9.17, 15) is 18.0 Å². The third-order valence-electron chi connectivity index (χ3n) is 4.31. The van der Waals surface area contributed by atoms with E-state index in [-0.39, 0.29) is 21.7 Å². The van der Waals surface area contributed by atoms with E-state index in [1.165, 1.54) is 37.9 Å². The van der Waals surface area contributed by atoms with Crippen molar-refractivity contribution in [2.75, 3.05) is 26.1 Å². The van der Waals surface area contributed by atoms with Crippen LogP contribution in [0.4, 0.5) is 0 Å². The molecule has 0 aromatic heterocycles. The number of nitrogens with zero attached hydrogens (tertiary/aromatic N) is 1. The highest BCUT2D eigenvalue weighted by Crippen LogP contribution is 2.18. The highest BCUT2D eigenvalue weighted by atomic mass is 32.2. The molecule has 0 saturated heterocycles. The first-order valence-electron chi connectivity index (χ1n) is 9.64. The van der Waals surface area contributed by atoms with Crippen molar-refractivity contribution >= 4 is 39.2 Å². The molecule has 1 rings (SSSR count). The minimum absolute atomic E-state index is 0.0699. The van der Waals surface area contributed by atoms with Crippen molar-refractivity contribution in [1.82, 2.24) is 10.2 Å². The van der Waals surface area contributed by atoms with Crippen LogP contribution in [0.3, 0.4) is 0 Å². The molecule has 0 atom stereocenters. The fourth-order valence-electron chi connectivity index (χ4n) is 2.39. The van der Waals surface area contributed by atoms with Gasteiger partial charge in [-0.25, -0.2) is 8.42 Å². The van der Waals surface area contributed by atoms with E-state index >= 15 is 0 Å². The SMILES string of the molecule is CS/C(NCc1ccc(S(C)(=O)=O)cc1)=C(\C(=O)N(C)C(C)=O)C(N)=[NH+]CC(C)(C)C. The Morgan fingerprint density at radius 3 is 2.16 bits per heavy atom. The molecule has 1 aromatic carbocycles.